The zero-order chi connectivity index (χ0) is 19.1. The fraction of sp³-hybridized carbons (Fsp3) is 0.737. The molecule has 2 aliphatic rings. The summed E-state index contributed by atoms with van der Waals surface area (Å²) in [5.41, 5.74) is 0. The van der Waals surface area contributed by atoms with Crippen molar-refractivity contribution in [2.45, 2.75) is 20.0 Å². The van der Waals surface area contributed by atoms with Gasteiger partial charge in [-0.3, -0.25) is 9.89 Å². The second-order valence-electron chi connectivity index (χ2n) is 7.60. The standard InChI is InChI=1S/C19H33N7O.HI/c1-16(2)14-24-11-12-27-17(15-24)13-23-18(20-3)25-7-9-26(10-8-25)19-21-5-4-6-22-19;/h4-6,16-17H,7-15H2,1-3H3,(H,20,23);1H. The molecule has 2 saturated heterocycles. The molecule has 3 heterocycles. The number of piperazine rings is 1. The Morgan fingerprint density at radius 2 is 1.93 bits per heavy atom. The molecule has 158 valence electrons. The summed E-state index contributed by atoms with van der Waals surface area (Å²) in [6.45, 7) is 12.9. The molecule has 0 bridgehead atoms. The lowest BCUT2D eigenvalue weighted by Gasteiger charge is -2.38. The van der Waals surface area contributed by atoms with Crippen LogP contribution in [0.25, 0.3) is 0 Å². The van der Waals surface area contributed by atoms with E-state index in [1.54, 1.807) is 12.4 Å². The molecule has 0 radical (unpaired) electrons. The summed E-state index contributed by atoms with van der Waals surface area (Å²) >= 11 is 0. The fourth-order valence-corrected chi connectivity index (χ4v) is 3.70. The third-order valence-electron chi connectivity index (χ3n) is 4.96. The second-order valence-corrected chi connectivity index (χ2v) is 7.60. The topological polar surface area (TPSA) is 69.1 Å². The molecule has 0 spiro atoms. The smallest absolute Gasteiger partial charge is 0.225 e. The first-order valence-electron chi connectivity index (χ1n) is 9.97. The Kier molecular flexibility index (Phi) is 9.66. The van der Waals surface area contributed by atoms with Gasteiger partial charge >= 0.3 is 0 Å². The summed E-state index contributed by atoms with van der Waals surface area (Å²) in [6, 6.07) is 1.85. The first-order chi connectivity index (χ1) is 13.2. The average molecular weight is 503 g/mol. The fourth-order valence-electron chi connectivity index (χ4n) is 3.70. The number of ether oxygens (including phenoxy) is 1. The quantitative estimate of drug-likeness (QED) is 0.368. The molecule has 8 nitrogen and oxygen atoms in total. The van der Waals surface area contributed by atoms with Crippen LogP contribution >= 0.6 is 24.0 Å². The molecule has 0 saturated carbocycles. The molecule has 1 aromatic rings. The van der Waals surface area contributed by atoms with Gasteiger partial charge in [0, 0.05) is 71.8 Å². The average Bonchev–Trinajstić information content (AvgIpc) is 2.69. The summed E-state index contributed by atoms with van der Waals surface area (Å²) < 4.78 is 5.94. The number of aromatic nitrogens is 2. The van der Waals surface area contributed by atoms with Gasteiger partial charge in [0.2, 0.25) is 5.95 Å². The summed E-state index contributed by atoms with van der Waals surface area (Å²) in [7, 11) is 1.85. The highest BCUT2D eigenvalue weighted by atomic mass is 127. The lowest BCUT2D eigenvalue weighted by molar-refractivity contribution is -0.0286. The highest BCUT2D eigenvalue weighted by Crippen LogP contribution is 2.11. The molecule has 1 atom stereocenters. The summed E-state index contributed by atoms with van der Waals surface area (Å²) in [5.74, 6) is 2.45. The predicted octanol–water partition coefficient (Wildman–Crippen LogP) is 1.15. The summed E-state index contributed by atoms with van der Waals surface area (Å²) in [4.78, 5) is 20.2. The van der Waals surface area contributed by atoms with Gasteiger partial charge in [-0.1, -0.05) is 13.8 Å². The number of nitrogens with zero attached hydrogens (tertiary/aromatic N) is 6. The van der Waals surface area contributed by atoms with E-state index in [-0.39, 0.29) is 30.1 Å². The Hall–Kier alpha value is -1.20. The number of hydrogen-bond donors (Lipinski definition) is 1. The van der Waals surface area contributed by atoms with Gasteiger partial charge in [-0.05, 0) is 12.0 Å². The number of nitrogens with one attached hydrogen (secondary N) is 1. The van der Waals surface area contributed by atoms with E-state index >= 15 is 0 Å². The Morgan fingerprint density at radius 1 is 1.21 bits per heavy atom. The minimum atomic E-state index is 0. The molecule has 0 amide bonds. The van der Waals surface area contributed by atoms with E-state index in [0.29, 0.717) is 5.92 Å². The highest BCUT2D eigenvalue weighted by Gasteiger charge is 2.24. The van der Waals surface area contributed by atoms with Crippen molar-refractivity contribution in [3.05, 3.63) is 18.5 Å². The summed E-state index contributed by atoms with van der Waals surface area (Å²) in [6.07, 6.45) is 3.80. The number of hydrogen-bond acceptors (Lipinski definition) is 6. The Bertz CT molecular complexity index is 593. The zero-order valence-corrected chi connectivity index (χ0v) is 19.6. The van der Waals surface area contributed by atoms with Crippen LogP contribution in [0.4, 0.5) is 5.95 Å². The SMILES string of the molecule is CN=C(NCC1CN(CC(C)C)CCO1)N1CCN(c2ncccn2)CC1.I. The number of aliphatic imine (C=N–C) groups is 1. The minimum Gasteiger partial charge on any atom is -0.374 e. The Morgan fingerprint density at radius 3 is 2.57 bits per heavy atom. The van der Waals surface area contributed by atoms with Crippen molar-refractivity contribution in [3.63, 3.8) is 0 Å². The molecule has 1 N–H and O–H groups in total. The van der Waals surface area contributed by atoms with Gasteiger partial charge in [0.1, 0.15) is 0 Å². The van der Waals surface area contributed by atoms with Crippen LogP contribution < -0.4 is 10.2 Å². The van der Waals surface area contributed by atoms with Crippen molar-refractivity contribution in [2.24, 2.45) is 10.9 Å². The number of rotatable bonds is 5. The van der Waals surface area contributed by atoms with Crippen molar-refractivity contribution in [1.82, 2.24) is 25.1 Å². The van der Waals surface area contributed by atoms with E-state index in [4.69, 9.17) is 4.74 Å². The summed E-state index contributed by atoms with van der Waals surface area (Å²) in [5, 5.41) is 3.51. The molecule has 2 fully saturated rings. The third kappa shape index (κ3) is 6.70. The molecule has 9 heteroatoms. The van der Waals surface area contributed by atoms with E-state index in [2.05, 4.69) is 48.8 Å². The first kappa shape index (κ1) is 23.1. The van der Waals surface area contributed by atoms with Crippen LogP contribution in [-0.2, 0) is 4.74 Å². The van der Waals surface area contributed by atoms with Crippen LogP contribution in [0.5, 0.6) is 0 Å². The van der Waals surface area contributed by atoms with Crippen LogP contribution in [0, 0.1) is 5.92 Å². The van der Waals surface area contributed by atoms with Gasteiger partial charge in [-0.2, -0.15) is 0 Å². The van der Waals surface area contributed by atoms with E-state index in [9.17, 15) is 0 Å². The van der Waals surface area contributed by atoms with Crippen LogP contribution in [0.1, 0.15) is 13.8 Å². The minimum absolute atomic E-state index is 0. The van der Waals surface area contributed by atoms with Crippen molar-refractivity contribution >= 4 is 35.9 Å². The van der Waals surface area contributed by atoms with Crippen LogP contribution in [0.2, 0.25) is 0 Å². The molecule has 0 aliphatic carbocycles. The maximum Gasteiger partial charge on any atom is 0.225 e. The van der Waals surface area contributed by atoms with Gasteiger partial charge in [0.05, 0.1) is 12.7 Å². The van der Waals surface area contributed by atoms with Crippen molar-refractivity contribution in [2.75, 3.05) is 70.9 Å². The number of morpholine rings is 1. The molecule has 2 aliphatic heterocycles. The van der Waals surface area contributed by atoms with Crippen LogP contribution in [0.3, 0.4) is 0 Å². The Balaban J connectivity index is 0.00000280. The lowest BCUT2D eigenvalue weighted by Crippen LogP contribution is -2.55. The van der Waals surface area contributed by atoms with E-state index < -0.39 is 0 Å². The van der Waals surface area contributed by atoms with Gasteiger partial charge in [0.15, 0.2) is 5.96 Å². The van der Waals surface area contributed by atoms with Crippen molar-refractivity contribution in [3.8, 4) is 0 Å². The van der Waals surface area contributed by atoms with E-state index in [0.717, 1.165) is 70.9 Å². The second kappa shape index (κ2) is 11.7. The van der Waals surface area contributed by atoms with E-state index in [1.807, 2.05) is 13.1 Å². The molecular formula is C19H34IN7O. The normalized spacial score (nSPS) is 21.6. The van der Waals surface area contributed by atoms with Gasteiger partial charge in [-0.15, -0.1) is 24.0 Å². The van der Waals surface area contributed by atoms with E-state index in [1.165, 1.54) is 0 Å². The molecule has 3 rings (SSSR count). The van der Waals surface area contributed by atoms with Crippen LogP contribution in [0.15, 0.2) is 23.5 Å². The van der Waals surface area contributed by atoms with Crippen molar-refractivity contribution in [1.29, 1.82) is 0 Å². The van der Waals surface area contributed by atoms with Gasteiger partial charge in [0.25, 0.3) is 0 Å². The Labute approximate surface area is 185 Å². The lowest BCUT2D eigenvalue weighted by atomic mass is 10.2. The van der Waals surface area contributed by atoms with Gasteiger partial charge in [-0.25, -0.2) is 9.97 Å². The molecule has 0 aromatic carbocycles. The first-order valence-corrected chi connectivity index (χ1v) is 9.97. The molecule has 1 aromatic heterocycles. The number of anilines is 1. The zero-order valence-electron chi connectivity index (χ0n) is 17.3. The molecule has 28 heavy (non-hydrogen) atoms. The third-order valence-corrected chi connectivity index (χ3v) is 4.96. The monoisotopic (exact) mass is 503 g/mol. The van der Waals surface area contributed by atoms with Crippen molar-refractivity contribution < 1.29 is 4.74 Å². The van der Waals surface area contributed by atoms with Crippen LogP contribution in [-0.4, -0.2) is 97.8 Å². The maximum absolute atomic E-state index is 5.94. The maximum atomic E-state index is 5.94. The molecule has 1 unspecified atom stereocenters. The predicted molar refractivity (Wildman–Crippen MR) is 124 cm³/mol. The number of guanidine groups is 1. The van der Waals surface area contributed by atoms with Gasteiger partial charge < -0.3 is 19.9 Å². The number of halogens is 1. The molecular weight excluding hydrogens is 469 g/mol. The largest absolute Gasteiger partial charge is 0.374 e. The highest BCUT2D eigenvalue weighted by molar-refractivity contribution is 14.0.